The van der Waals surface area contributed by atoms with Gasteiger partial charge in [0, 0.05) is 12.7 Å². The molecule has 1 aromatic heterocycles. The minimum Gasteiger partial charge on any atom is -0.492 e. The molecule has 3 aromatic rings. The number of nitrogens with zero attached hydrogens (tertiary/aromatic N) is 5. The van der Waals surface area contributed by atoms with Crippen molar-refractivity contribution in [2.24, 2.45) is 0 Å². The number of hydrogen-bond acceptors (Lipinski definition) is 7. The van der Waals surface area contributed by atoms with Gasteiger partial charge < -0.3 is 15.0 Å². The van der Waals surface area contributed by atoms with Crippen LogP contribution in [0.3, 0.4) is 0 Å². The van der Waals surface area contributed by atoms with Crippen molar-refractivity contribution >= 4 is 29.3 Å². The number of thioether (sulfide) groups is 1. The predicted octanol–water partition coefficient (Wildman–Crippen LogP) is 2.56. The van der Waals surface area contributed by atoms with Crippen LogP contribution in [0.2, 0.25) is 0 Å². The molecule has 9 nitrogen and oxygen atoms in total. The van der Waals surface area contributed by atoms with Gasteiger partial charge in [0.25, 0.3) is 0 Å². The SMILES string of the molecule is CCOc1ccccc1-n1nnnc1SCC(=O)N(C)CC(=O)Nc1ccc(C)cc1. The number of ether oxygens (including phenoxy) is 1. The zero-order valence-electron chi connectivity index (χ0n) is 17.6. The van der Waals surface area contributed by atoms with Crippen LogP contribution >= 0.6 is 11.8 Å². The Labute approximate surface area is 184 Å². The maximum absolute atomic E-state index is 12.5. The molecule has 0 saturated carbocycles. The Kier molecular flexibility index (Phi) is 7.60. The Morgan fingerprint density at radius 1 is 1.16 bits per heavy atom. The molecule has 0 unspecified atom stereocenters. The van der Waals surface area contributed by atoms with Crippen molar-refractivity contribution in [2.45, 2.75) is 19.0 Å². The zero-order chi connectivity index (χ0) is 22.2. The van der Waals surface area contributed by atoms with Gasteiger partial charge in [-0.3, -0.25) is 9.59 Å². The lowest BCUT2D eigenvalue weighted by Gasteiger charge is -2.16. The standard InChI is InChI=1S/C21H24N6O3S/c1-4-30-18-8-6-5-7-17(18)27-21(23-24-25-27)31-14-20(29)26(3)13-19(28)22-16-11-9-15(2)10-12-16/h5-12H,4,13-14H2,1-3H3,(H,22,28). The highest BCUT2D eigenvalue weighted by molar-refractivity contribution is 7.99. The van der Waals surface area contributed by atoms with Crippen molar-refractivity contribution in [1.82, 2.24) is 25.1 Å². The molecule has 0 bridgehead atoms. The fourth-order valence-electron chi connectivity index (χ4n) is 2.71. The van der Waals surface area contributed by atoms with Gasteiger partial charge in [-0.15, -0.1) is 5.10 Å². The molecule has 0 spiro atoms. The number of carbonyl (C=O) groups is 2. The first-order valence-corrected chi connectivity index (χ1v) is 10.7. The fourth-order valence-corrected chi connectivity index (χ4v) is 3.53. The van der Waals surface area contributed by atoms with Gasteiger partial charge in [0.15, 0.2) is 0 Å². The van der Waals surface area contributed by atoms with E-state index in [4.69, 9.17) is 4.74 Å². The maximum Gasteiger partial charge on any atom is 0.243 e. The Bertz CT molecular complexity index is 1040. The molecule has 10 heteroatoms. The molecule has 162 valence electrons. The van der Waals surface area contributed by atoms with Gasteiger partial charge in [-0.25, -0.2) is 0 Å². The summed E-state index contributed by atoms with van der Waals surface area (Å²) >= 11 is 1.19. The van der Waals surface area contributed by atoms with E-state index >= 15 is 0 Å². The second-order valence-electron chi connectivity index (χ2n) is 6.73. The molecular formula is C21H24N6O3S. The summed E-state index contributed by atoms with van der Waals surface area (Å²) in [6.07, 6.45) is 0. The molecule has 0 aliphatic carbocycles. The predicted molar refractivity (Wildman–Crippen MR) is 118 cm³/mol. The summed E-state index contributed by atoms with van der Waals surface area (Å²) in [7, 11) is 1.59. The highest BCUT2D eigenvalue weighted by Gasteiger charge is 2.18. The number of hydrogen-bond donors (Lipinski definition) is 1. The number of amides is 2. The van der Waals surface area contributed by atoms with E-state index in [1.165, 1.54) is 21.3 Å². The molecule has 0 aliphatic rings. The van der Waals surface area contributed by atoms with Crippen molar-refractivity contribution in [3.63, 3.8) is 0 Å². The number of nitrogens with one attached hydrogen (secondary N) is 1. The molecule has 1 N–H and O–H groups in total. The third-order valence-corrected chi connectivity index (χ3v) is 5.20. The molecule has 0 atom stereocenters. The van der Waals surface area contributed by atoms with Crippen molar-refractivity contribution in [3.8, 4) is 11.4 Å². The number of likely N-dealkylation sites (N-methyl/N-ethyl adjacent to an activating group) is 1. The van der Waals surface area contributed by atoms with E-state index < -0.39 is 0 Å². The van der Waals surface area contributed by atoms with E-state index in [9.17, 15) is 9.59 Å². The summed E-state index contributed by atoms with van der Waals surface area (Å²) in [5, 5.41) is 15.0. The quantitative estimate of drug-likeness (QED) is 0.510. The van der Waals surface area contributed by atoms with Crippen molar-refractivity contribution < 1.29 is 14.3 Å². The normalized spacial score (nSPS) is 10.5. The van der Waals surface area contributed by atoms with Gasteiger partial charge in [0.1, 0.15) is 11.4 Å². The average Bonchev–Trinajstić information content (AvgIpc) is 3.22. The third kappa shape index (κ3) is 6.05. The summed E-state index contributed by atoms with van der Waals surface area (Å²) in [5.74, 6) is 0.262. The minimum absolute atomic E-state index is 0.0502. The van der Waals surface area contributed by atoms with Crippen LogP contribution < -0.4 is 10.1 Å². The summed E-state index contributed by atoms with van der Waals surface area (Å²) in [5.41, 5.74) is 2.49. The molecule has 0 fully saturated rings. The summed E-state index contributed by atoms with van der Waals surface area (Å²) in [6.45, 7) is 4.33. The summed E-state index contributed by atoms with van der Waals surface area (Å²) in [4.78, 5) is 26.1. The molecule has 2 amide bonds. The van der Waals surface area contributed by atoms with Crippen LogP contribution in [0, 0.1) is 6.92 Å². The molecule has 0 radical (unpaired) electrons. The van der Waals surface area contributed by atoms with Crippen LogP contribution in [0.15, 0.2) is 53.7 Å². The summed E-state index contributed by atoms with van der Waals surface area (Å²) < 4.78 is 7.17. The van der Waals surface area contributed by atoms with E-state index in [2.05, 4.69) is 20.8 Å². The van der Waals surface area contributed by atoms with Crippen molar-refractivity contribution in [1.29, 1.82) is 0 Å². The topological polar surface area (TPSA) is 102 Å². The van der Waals surface area contributed by atoms with Crippen LogP contribution in [0.4, 0.5) is 5.69 Å². The lowest BCUT2D eigenvalue weighted by molar-refractivity contribution is -0.131. The van der Waals surface area contributed by atoms with E-state index in [0.717, 1.165) is 5.56 Å². The van der Waals surface area contributed by atoms with E-state index in [1.54, 1.807) is 7.05 Å². The van der Waals surface area contributed by atoms with E-state index in [0.29, 0.717) is 28.9 Å². The number of aryl methyl sites for hydroxylation is 1. The van der Waals surface area contributed by atoms with Crippen LogP contribution in [0.5, 0.6) is 5.75 Å². The van der Waals surface area contributed by atoms with Gasteiger partial charge in [0.2, 0.25) is 17.0 Å². The number of tetrazole rings is 1. The van der Waals surface area contributed by atoms with E-state index in [1.807, 2.05) is 62.4 Å². The zero-order valence-corrected chi connectivity index (χ0v) is 18.4. The first-order valence-electron chi connectivity index (χ1n) is 9.71. The largest absolute Gasteiger partial charge is 0.492 e. The first-order chi connectivity index (χ1) is 15.0. The smallest absolute Gasteiger partial charge is 0.243 e. The second-order valence-corrected chi connectivity index (χ2v) is 7.67. The van der Waals surface area contributed by atoms with Crippen LogP contribution in [0.1, 0.15) is 12.5 Å². The molecule has 0 aliphatic heterocycles. The number of aromatic nitrogens is 4. The number of para-hydroxylation sites is 2. The Morgan fingerprint density at radius 3 is 2.65 bits per heavy atom. The molecule has 2 aromatic carbocycles. The molecule has 0 saturated heterocycles. The number of carbonyl (C=O) groups excluding carboxylic acids is 2. The highest BCUT2D eigenvalue weighted by atomic mass is 32.2. The van der Waals surface area contributed by atoms with Gasteiger partial charge in [-0.1, -0.05) is 41.6 Å². The van der Waals surface area contributed by atoms with Crippen molar-refractivity contribution in [2.75, 3.05) is 31.3 Å². The van der Waals surface area contributed by atoms with E-state index in [-0.39, 0.29) is 24.1 Å². The lowest BCUT2D eigenvalue weighted by Crippen LogP contribution is -2.36. The molecular weight excluding hydrogens is 416 g/mol. The molecule has 31 heavy (non-hydrogen) atoms. The van der Waals surface area contributed by atoms with Gasteiger partial charge in [-0.2, -0.15) is 4.68 Å². The van der Waals surface area contributed by atoms with Crippen molar-refractivity contribution in [3.05, 3.63) is 54.1 Å². The summed E-state index contributed by atoms with van der Waals surface area (Å²) in [6, 6.07) is 14.9. The minimum atomic E-state index is -0.264. The lowest BCUT2D eigenvalue weighted by atomic mass is 10.2. The van der Waals surface area contributed by atoms with Crippen LogP contribution in [-0.2, 0) is 9.59 Å². The molecule has 1 heterocycles. The highest BCUT2D eigenvalue weighted by Crippen LogP contribution is 2.26. The van der Waals surface area contributed by atoms with Crippen LogP contribution in [-0.4, -0.2) is 62.9 Å². The Balaban J connectivity index is 1.57. The molecule has 3 rings (SSSR count). The van der Waals surface area contributed by atoms with Gasteiger partial charge in [0.05, 0.1) is 18.9 Å². The Morgan fingerprint density at radius 2 is 1.90 bits per heavy atom. The fraction of sp³-hybridized carbons (Fsp3) is 0.286. The van der Waals surface area contributed by atoms with Crippen LogP contribution in [0.25, 0.3) is 5.69 Å². The average molecular weight is 441 g/mol. The number of rotatable bonds is 9. The van der Waals surface area contributed by atoms with Gasteiger partial charge in [-0.05, 0) is 48.5 Å². The maximum atomic E-state index is 12.5. The second kappa shape index (κ2) is 10.6. The first kappa shape index (κ1) is 22.3. The third-order valence-electron chi connectivity index (χ3n) is 4.30. The monoisotopic (exact) mass is 440 g/mol. The van der Waals surface area contributed by atoms with Gasteiger partial charge >= 0.3 is 0 Å². The number of benzene rings is 2. The Hall–Kier alpha value is -3.40. The number of anilines is 1.